The molecule has 0 saturated carbocycles. The Hall–Kier alpha value is -2.16. The fourth-order valence-corrected chi connectivity index (χ4v) is 2.31. The Morgan fingerprint density at radius 1 is 1.35 bits per heavy atom. The second kappa shape index (κ2) is 6.85. The Morgan fingerprint density at radius 3 is 2.90 bits per heavy atom. The third-order valence-electron chi connectivity index (χ3n) is 2.43. The molecule has 0 radical (unpaired) electrons. The molecule has 0 spiro atoms. The Balaban J connectivity index is 1.98. The van der Waals surface area contributed by atoms with Gasteiger partial charge in [-0.25, -0.2) is 0 Å². The van der Waals surface area contributed by atoms with Crippen LogP contribution in [0.1, 0.15) is 6.42 Å². The van der Waals surface area contributed by atoms with Crippen LogP contribution in [0.2, 0.25) is 0 Å². The number of hydrogen-bond donors (Lipinski definition) is 1. The van der Waals surface area contributed by atoms with Crippen molar-refractivity contribution in [3.8, 4) is 0 Å². The highest BCUT2D eigenvalue weighted by Crippen LogP contribution is 2.13. The van der Waals surface area contributed by atoms with Gasteiger partial charge in [0.1, 0.15) is 0 Å². The molecule has 2 rings (SSSR count). The molecular formula is C11H13N5O3S. The monoisotopic (exact) mass is 295 g/mol. The first kappa shape index (κ1) is 14.3. The highest BCUT2D eigenvalue weighted by Gasteiger charge is 2.06. The SMILES string of the molecule is O=C(O)CSc1nc(=O)ccn1CCCn1ccnn1. The topological polar surface area (TPSA) is 103 Å². The van der Waals surface area contributed by atoms with Gasteiger partial charge in [-0.2, -0.15) is 4.98 Å². The standard InChI is InChI=1S/C11H13N5O3S/c17-9-2-6-15(11(13-9)20-8-10(18)19)4-1-5-16-7-3-12-14-16/h2-3,6-7H,1,4-5,8H2,(H,18,19). The summed E-state index contributed by atoms with van der Waals surface area (Å²) in [4.78, 5) is 25.7. The fraction of sp³-hybridized carbons (Fsp3) is 0.364. The number of carbonyl (C=O) groups is 1. The van der Waals surface area contributed by atoms with E-state index in [0.717, 1.165) is 18.2 Å². The number of aryl methyl sites for hydroxylation is 2. The van der Waals surface area contributed by atoms with Crippen molar-refractivity contribution in [1.29, 1.82) is 0 Å². The second-order valence-electron chi connectivity index (χ2n) is 3.94. The molecule has 2 aromatic rings. The van der Waals surface area contributed by atoms with Crippen LogP contribution in [-0.2, 0) is 17.9 Å². The first-order chi connectivity index (χ1) is 9.65. The van der Waals surface area contributed by atoms with Gasteiger partial charge >= 0.3 is 5.97 Å². The number of nitrogens with zero attached hydrogens (tertiary/aromatic N) is 5. The number of thioether (sulfide) groups is 1. The lowest BCUT2D eigenvalue weighted by Crippen LogP contribution is -2.15. The molecule has 8 nitrogen and oxygen atoms in total. The van der Waals surface area contributed by atoms with Crippen LogP contribution in [0.4, 0.5) is 0 Å². The smallest absolute Gasteiger partial charge is 0.313 e. The molecule has 0 fully saturated rings. The van der Waals surface area contributed by atoms with Gasteiger partial charge in [-0.3, -0.25) is 14.3 Å². The van der Waals surface area contributed by atoms with E-state index in [1.165, 1.54) is 6.07 Å². The lowest BCUT2D eigenvalue weighted by Gasteiger charge is -2.10. The molecule has 0 aliphatic heterocycles. The molecule has 0 aliphatic rings. The van der Waals surface area contributed by atoms with E-state index in [2.05, 4.69) is 15.3 Å². The number of aromatic nitrogens is 5. The average Bonchev–Trinajstić information content (AvgIpc) is 2.91. The number of carboxylic acid groups (broad SMARTS) is 1. The van der Waals surface area contributed by atoms with Gasteiger partial charge in [0.15, 0.2) is 5.16 Å². The van der Waals surface area contributed by atoms with Crippen molar-refractivity contribution in [3.63, 3.8) is 0 Å². The molecule has 106 valence electrons. The molecule has 20 heavy (non-hydrogen) atoms. The molecule has 0 atom stereocenters. The summed E-state index contributed by atoms with van der Waals surface area (Å²) in [6.45, 7) is 1.31. The highest BCUT2D eigenvalue weighted by molar-refractivity contribution is 7.99. The Morgan fingerprint density at radius 2 is 2.20 bits per heavy atom. The van der Waals surface area contributed by atoms with Crippen molar-refractivity contribution < 1.29 is 9.90 Å². The normalized spacial score (nSPS) is 10.6. The van der Waals surface area contributed by atoms with E-state index in [9.17, 15) is 9.59 Å². The van der Waals surface area contributed by atoms with Crippen LogP contribution in [0.15, 0.2) is 34.6 Å². The van der Waals surface area contributed by atoms with E-state index < -0.39 is 5.97 Å². The summed E-state index contributed by atoms with van der Waals surface area (Å²) in [5.74, 6) is -1.07. The summed E-state index contributed by atoms with van der Waals surface area (Å²) < 4.78 is 3.48. The second-order valence-corrected chi connectivity index (χ2v) is 4.89. The molecule has 0 bridgehead atoms. The maximum atomic E-state index is 11.2. The van der Waals surface area contributed by atoms with Crippen molar-refractivity contribution in [3.05, 3.63) is 35.0 Å². The molecule has 0 unspecified atom stereocenters. The van der Waals surface area contributed by atoms with Gasteiger partial charge in [0.05, 0.1) is 11.9 Å². The van der Waals surface area contributed by atoms with Crippen molar-refractivity contribution in [2.45, 2.75) is 24.7 Å². The quantitative estimate of drug-likeness (QED) is 0.571. The average molecular weight is 295 g/mol. The molecular weight excluding hydrogens is 282 g/mol. The summed E-state index contributed by atoms with van der Waals surface area (Å²) in [5, 5.41) is 16.7. The molecule has 2 aromatic heterocycles. The lowest BCUT2D eigenvalue weighted by molar-refractivity contribution is -0.133. The van der Waals surface area contributed by atoms with Crippen molar-refractivity contribution in [2.24, 2.45) is 0 Å². The van der Waals surface area contributed by atoms with Gasteiger partial charge in [0.2, 0.25) is 0 Å². The summed E-state index contributed by atoms with van der Waals surface area (Å²) in [7, 11) is 0. The van der Waals surface area contributed by atoms with Crippen LogP contribution in [0.25, 0.3) is 0 Å². The Labute approximate surface area is 118 Å². The number of hydrogen-bond acceptors (Lipinski definition) is 6. The van der Waals surface area contributed by atoms with E-state index in [0.29, 0.717) is 18.2 Å². The minimum Gasteiger partial charge on any atom is -0.481 e. The molecule has 0 aromatic carbocycles. The predicted molar refractivity (Wildman–Crippen MR) is 71.5 cm³/mol. The van der Waals surface area contributed by atoms with E-state index in [1.54, 1.807) is 27.8 Å². The highest BCUT2D eigenvalue weighted by atomic mass is 32.2. The molecule has 2 heterocycles. The molecule has 0 aliphatic carbocycles. The van der Waals surface area contributed by atoms with E-state index >= 15 is 0 Å². The van der Waals surface area contributed by atoms with Gasteiger partial charge in [0.25, 0.3) is 5.56 Å². The zero-order valence-corrected chi connectivity index (χ0v) is 11.4. The Kier molecular flexibility index (Phi) is 4.88. The zero-order chi connectivity index (χ0) is 14.4. The molecule has 0 saturated heterocycles. The van der Waals surface area contributed by atoms with Crippen LogP contribution in [0.3, 0.4) is 0 Å². The van der Waals surface area contributed by atoms with Crippen molar-refractivity contribution in [2.75, 3.05) is 5.75 Å². The minimum atomic E-state index is -0.942. The molecule has 1 N–H and O–H groups in total. The number of carboxylic acids is 1. The third kappa shape index (κ3) is 4.19. The van der Waals surface area contributed by atoms with E-state index in [1.807, 2.05) is 0 Å². The number of rotatable bonds is 7. The van der Waals surface area contributed by atoms with E-state index in [-0.39, 0.29) is 11.3 Å². The first-order valence-corrected chi connectivity index (χ1v) is 6.90. The summed E-state index contributed by atoms with van der Waals surface area (Å²) >= 11 is 1.03. The van der Waals surface area contributed by atoms with Crippen LogP contribution < -0.4 is 5.56 Å². The van der Waals surface area contributed by atoms with Gasteiger partial charge in [0, 0.05) is 31.5 Å². The summed E-state index contributed by atoms with van der Waals surface area (Å²) in [6.07, 6.45) is 5.77. The van der Waals surface area contributed by atoms with Crippen LogP contribution in [0.5, 0.6) is 0 Å². The first-order valence-electron chi connectivity index (χ1n) is 5.91. The fourth-order valence-electron chi connectivity index (χ4n) is 1.58. The van der Waals surface area contributed by atoms with Gasteiger partial charge < -0.3 is 9.67 Å². The molecule has 0 amide bonds. The summed E-state index contributed by atoms with van der Waals surface area (Å²) in [5.41, 5.74) is -0.370. The predicted octanol–water partition coefficient (Wildman–Crippen LogP) is 0.102. The lowest BCUT2D eigenvalue weighted by atomic mass is 10.4. The maximum Gasteiger partial charge on any atom is 0.313 e. The Bertz CT molecular complexity index is 625. The van der Waals surface area contributed by atoms with Gasteiger partial charge in [-0.1, -0.05) is 17.0 Å². The summed E-state index contributed by atoms with van der Waals surface area (Å²) in [6, 6.07) is 1.36. The van der Waals surface area contributed by atoms with Crippen molar-refractivity contribution >= 4 is 17.7 Å². The van der Waals surface area contributed by atoms with Gasteiger partial charge in [-0.05, 0) is 6.42 Å². The van der Waals surface area contributed by atoms with Crippen LogP contribution >= 0.6 is 11.8 Å². The third-order valence-corrected chi connectivity index (χ3v) is 3.41. The zero-order valence-electron chi connectivity index (χ0n) is 10.5. The van der Waals surface area contributed by atoms with Crippen LogP contribution in [-0.4, -0.2) is 41.4 Å². The van der Waals surface area contributed by atoms with Crippen LogP contribution in [0, 0.1) is 0 Å². The van der Waals surface area contributed by atoms with Crippen molar-refractivity contribution in [1.82, 2.24) is 24.5 Å². The maximum absolute atomic E-state index is 11.2. The largest absolute Gasteiger partial charge is 0.481 e. The van der Waals surface area contributed by atoms with Gasteiger partial charge in [-0.15, -0.1) is 5.10 Å². The van der Waals surface area contributed by atoms with E-state index in [4.69, 9.17) is 5.11 Å². The molecule has 9 heteroatoms. The number of aliphatic carboxylic acids is 1. The minimum absolute atomic E-state index is 0.125.